The third kappa shape index (κ3) is 2.92. The van der Waals surface area contributed by atoms with Crippen molar-refractivity contribution < 1.29 is 4.79 Å². The Labute approximate surface area is 185 Å². The highest BCUT2D eigenvalue weighted by atomic mass is 16.2. The Morgan fingerprint density at radius 2 is 1.97 bits per heavy atom. The van der Waals surface area contributed by atoms with Crippen LogP contribution < -0.4 is 4.90 Å². The van der Waals surface area contributed by atoms with Crippen molar-refractivity contribution in [3.05, 3.63) is 72.8 Å². The zero-order valence-electron chi connectivity index (χ0n) is 18.2. The van der Waals surface area contributed by atoms with Crippen LogP contribution in [0.4, 0.5) is 5.69 Å². The number of nitrogens with zero attached hydrogens (tertiary/aromatic N) is 6. The van der Waals surface area contributed by atoms with Crippen LogP contribution in [0.2, 0.25) is 0 Å². The minimum Gasteiger partial charge on any atom is -0.308 e. The van der Waals surface area contributed by atoms with Gasteiger partial charge in [-0.15, -0.1) is 0 Å². The summed E-state index contributed by atoms with van der Waals surface area (Å²) in [5.41, 5.74) is 6.86. The van der Waals surface area contributed by atoms with Crippen LogP contribution in [0.1, 0.15) is 25.0 Å². The molecule has 7 nitrogen and oxygen atoms in total. The molecule has 1 aromatic carbocycles. The van der Waals surface area contributed by atoms with E-state index < -0.39 is 0 Å². The fourth-order valence-corrected chi connectivity index (χ4v) is 4.50. The van der Waals surface area contributed by atoms with Crippen LogP contribution in [0.15, 0.2) is 61.7 Å². The Balaban J connectivity index is 1.75. The molecule has 4 heterocycles. The largest absolute Gasteiger partial charge is 0.308 e. The Morgan fingerprint density at radius 1 is 1.16 bits per heavy atom. The van der Waals surface area contributed by atoms with E-state index in [1.807, 2.05) is 37.8 Å². The van der Waals surface area contributed by atoms with E-state index in [9.17, 15) is 10.1 Å². The van der Waals surface area contributed by atoms with Gasteiger partial charge in [-0.2, -0.15) is 15.5 Å². The number of amides is 1. The summed E-state index contributed by atoms with van der Waals surface area (Å²) < 4.78 is 3.51. The van der Waals surface area contributed by atoms with Crippen LogP contribution in [0.25, 0.3) is 27.8 Å². The highest BCUT2D eigenvalue weighted by Gasteiger charge is 2.37. The molecular formula is C25H22N6O. The highest BCUT2D eigenvalue weighted by molar-refractivity contribution is 6.03. The van der Waals surface area contributed by atoms with Crippen molar-refractivity contribution in [3.63, 3.8) is 0 Å². The predicted molar refractivity (Wildman–Crippen MR) is 123 cm³/mol. The molecule has 5 rings (SSSR count). The number of aryl methyl sites for hydroxylation is 1. The van der Waals surface area contributed by atoms with Crippen molar-refractivity contribution in [3.8, 4) is 28.3 Å². The summed E-state index contributed by atoms with van der Waals surface area (Å²) in [4.78, 5) is 14.2. The second-order valence-electron chi connectivity index (χ2n) is 8.75. The van der Waals surface area contributed by atoms with Gasteiger partial charge in [0.05, 0.1) is 23.5 Å². The van der Waals surface area contributed by atoms with Crippen LogP contribution in [0.3, 0.4) is 0 Å². The molecule has 0 N–H and O–H groups in total. The minimum atomic E-state index is -0.209. The maximum atomic E-state index is 12.4. The summed E-state index contributed by atoms with van der Waals surface area (Å²) in [5.74, 6) is -0.104. The Kier molecular flexibility index (Phi) is 4.28. The molecule has 4 aromatic rings. The first kappa shape index (κ1) is 19.8. The van der Waals surface area contributed by atoms with Gasteiger partial charge in [0, 0.05) is 53.8 Å². The summed E-state index contributed by atoms with van der Waals surface area (Å²) in [5, 5.41) is 18.4. The van der Waals surface area contributed by atoms with Crippen LogP contribution in [0.5, 0.6) is 0 Å². The smallest absolute Gasteiger partial charge is 0.250 e. The first-order valence-electron chi connectivity index (χ1n) is 10.3. The molecule has 158 valence electrons. The molecule has 1 aliphatic heterocycles. The number of carbonyl (C=O) groups is 1. The first-order valence-corrected chi connectivity index (χ1v) is 10.3. The summed E-state index contributed by atoms with van der Waals surface area (Å²) in [6.45, 7) is 8.50. The molecule has 32 heavy (non-hydrogen) atoms. The van der Waals surface area contributed by atoms with Crippen molar-refractivity contribution in [1.29, 1.82) is 5.26 Å². The topological polar surface area (TPSA) is 79.2 Å². The van der Waals surface area contributed by atoms with E-state index in [1.54, 1.807) is 20.3 Å². The monoisotopic (exact) mass is 422 g/mol. The quantitative estimate of drug-likeness (QED) is 0.466. The van der Waals surface area contributed by atoms with E-state index >= 15 is 0 Å². The molecule has 0 aliphatic carbocycles. The standard InChI is InChI=1S/C25H22N6O/c1-5-23(32)30-15-25(2,3)21-9-16(6-7-22(21)30)20-8-17(19-12-27-29(4)13-19)14-31-24(20)18(10-26)11-28-31/h5-9,11-14H,1,15H2,2-4H3. The van der Waals surface area contributed by atoms with E-state index in [2.05, 4.69) is 48.8 Å². The van der Waals surface area contributed by atoms with Gasteiger partial charge in [0.25, 0.3) is 0 Å². The number of nitriles is 1. The maximum Gasteiger partial charge on any atom is 0.250 e. The fourth-order valence-electron chi connectivity index (χ4n) is 4.50. The van der Waals surface area contributed by atoms with Gasteiger partial charge in [0.1, 0.15) is 6.07 Å². The lowest BCUT2D eigenvalue weighted by Crippen LogP contribution is -2.32. The third-order valence-corrected chi connectivity index (χ3v) is 6.09. The molecule has 0 atom stereocenters. The van der Waals surface area contributed by atoms with Gasteiger partial charge in [-0.25, -0.2) is 4.52 Å². The van der Waals surface area contributed by atoms with Gasteiger partial charge in [-0.05, 0) is 35.4 Å². The second kappa shape index (κ2) is 6.92. The highest BCUT2D eigenvalue weighted by Crippen LogP contribution is 2.43. The number of anilines is 1. The molecule has 0 spiro atoms. The predicted octanol–water partition coefficient (Wildman–Crippen LogP) is 4.08. The average Bonchev–Trinajstić information content (AvgIpc) is 3.48. The number of benzene rings is 1. The summed E-state index contributed by atoms with van der Waals surface area (Å²) in [6.07, 6.45) is 8.62. The molecule has 0 bridgehead atoms. The number of hydrogen-bond acceptors (Lipinski definition) is 4. The van der Waals surface area contributed by atoms with Gasteiger partial charge in [-0.1, -0.05) is 26.5 Å². The number of aromatic nitrogens is 4. The number of carbonyl (C=O) groups excluding carboxylic acids is 1. The number of hydrogen-bond donors (Lipinski definition) is 0. The van der Waals surface area contributed by atoms with Crippen molar-refractivity contribution in [2.24, 2.45) is 7.05 Å². The molecule has 1 amide bonds. The summed E-state index contributed by atoms with van der Waals surface area (Å²) >= 11 is 0. The van der Waals surface area contributed by atoms with E-state index in [0.717, 1.165) is 39.0 Å². The van der Waals surface area contributed by atoms with E-state index in [-0.39, 0.29) is 11.3 Å². The van der Waals surface area contributed by atoms with Gasteiger partial charge < -0.3 is 4.90 Å². The van der Waals surface area contributed by atoms with Crippen LogP contribution in [-0.4, -0.2) is 31.8 Å². The fraction of sp³-hybridized carbons (Fsp3) is 0.200. The number of fused-ring (bicyclic) bond motifs is 2. The average molecular weight is 422 g/mol. The Bertz CT molecular complexity index is 1450. The molecule has 7 heteroatoms. The lowest BCUT2D eigenvalue weighted by Gasteiger charge is -2.19. The van der Waals surface area contributed by atoms with Crippen molar-refractivity contribution in [1.82, 2.24) is 19.4 Å². The van der Waals surface area contributed by atoms with Crippen molar-refractivity contribution in [2.75, 3.05) is 11.4 Å². The molecule has 1 aliphatic rings. The molecule has 0 saturated carbocycles. The van der Waals surface area contributed by atoms with Crippen molar-refractivity contribution in [2.45, 2.75) is 19.3 Å². The lowest BCUT2D eigenvalue weighted by atomic mass is 9.85. The second-order valence-corrected chi connectivity index (χ2v) is 8.75. The first-order chi connectivity index (χ1) is 15.3. The molecule has 0 unspecified atom stereocenters. The van der Waals surface area contributed by atoms with E-state index in [0.29, 0.717) is 12.1 Å². The van der Waals surface area contributed by atoms with Gasteiger partial charge >= 0.3 is 0 Å². The molecule has 3 aromatic heterocycles. The Morgan fingerprint density at radius 3 is 2.66 bits per heavy atom. The molecule has 0 radical (unpaired) electrons. The molecule has 0 saturated heterocycles. The van der Waals surface area contributed by atoms with E-state index in [1.165, 1.54) is 6.08 Å². The van der Waals surface area contributed by atoms with Crippen molar-refractivity contribution >= 4 is 17.1 Å². The maximum absolute atomic E-state index is 12.4. The van der Waals surface area contributed by atoms with Crippen LogP contribution >= 0.6 is 0 Å². The summed E-state index contributed by atoms with van der Waals surface area (Å²) in [7, 11) is 1.88. The van der Waals surface area contributed by atoms with E-state index in [4.69, 9.17) is 0 Å². The lowest BCUT2D eigenvalue weighted by molar-refractivity contribution is -0.114. The third-order valence-electron chi connectivity index (χ3n) is 6.09. The summed E-state index contributed by atoms with van der Waals surface area (Å²) in [6, 6.07) is 10.4. The molecular weight excluding hydrogens is 400 g/mol. The zero-order chi connectivity index (χ0) is 22.6. The van der Waals surface area contributed by atoms with Crippen LogP contribution in [-0.2, 0) is 17.3 Å². The van der Waals surface area contributed by atoms with Gasteiger partial charge in [0.2, 0.25) is 5.91 Å². The Hall–Kier alpha value is -4.18. The SMILES string of the molecule is C=CC(=O)N1CC(C)(C)c2cc(-c3cc(-c4cnn(C)c4)cn4ncc(C#N)c34)ccc21. The zero-order valence-corrected chi connectivity index (χ0v) is 18.2. The number of pyridine rings is 1. The van der Waals surface area contributed by atoms with Gasteiger partial charge in [-0.3, -0.25) is 9.48 Å². The molecule has 0 fully saturated rings. The normalized spacial score (nSPS) is 14.4. The number of rotatable bonds is 3. The minimum absolute atomic E-state index is 0.104. The van der Waals surface area contributed by atoms with Crippen LogP contribution in [0, 0.1) is 11.3 Å². The van der Waals surface area contributed by atoms with Gasteiger partial charge in [0.15, 0.2) is 0 Å².